The van der Waals surface area contributed by atoms with Crippen LogP contribution in [0.25, 0.3) is 0 Å². The third-order valence-electron chi connectivity index (χ3n) is 5.38. The van der Waals surface area contributed by atoms with Gasteiger partial charge in [0, 0.05) is 34.7 Å². The lowest BCUT2D eigenvalue weighted by Crippen LogP contribution is -2.15. The van der Waals surface area contributed by atoms with Gasteiger partial charge in [-0.1, -0.05) is 0 Å². The lowest BCUT2D eigenvalue weighted by molar-refractivity contribution is 0.336. The fourth-order valence-electron chi connectivity index (χ4n) is 4.11. The van der Waals surface area contributed by atoms with Crippen LogP contribution >= 0.6 is 0 Å². The Morgan fingerprint density at radius 3 is 1.79 bits per heavy atom. The van der Waals surface area contributed by atoms with Gasteiger partial charge < -0.3 is 28.4 Å². The number of hydrogen-bond donors (Lipinski definition) is 0. The molecule has 0 heterocycles. The van der Waals surface area contributed by atoms with Crippen LogP contribution in [-0.2, 0) is 6.42 Å². The molecule has 1 aliphatic carbocycles. The summed E-state index contributed by atoms with van der Waals surface area (Å²) < 4.78 is 33.7. The standard InChI is InChI=1S/C22H28O6/c1-23-16-12-20(27-5)22(28-6)21-13(8-7-9-14(16)21)15-10-18(25-3)19(26-4)11-17(15)24-2/h10-13H,7-9H2,1-6H3. The van der Waals surface area contributed by atoms with Gasteiger partial charge in [-0.2, -0.15) is 0 Å². The van der Waals surface area contributed by atoms with Gasteiger partial charge in [-0.05, 0) is 25.3 Å². The van der Waals surface area contributed by atoms with Crippen molar-refractivity contribution in [2.45, 2.75) is 25.2 Å². The van der Waals surface area contributed by atoms with Crippen molar-refractivity contribution in [3.05, 3.63) is 34.9 Å². The van der Waals surface area contributed by atoms with E-state index < -0.39 is 0 Å². The van der Waals surface area contributed by atoms with Crippen molar-refractivity contribution < 1.29 is 28.4 Å². The summed E-state index contributed by atoms with van der Waals surface area (Å²) in [4.78, 5) is 0. The summed E-state index contributed by atoms with van der Waals surface area (Å²) in [5, 5.41) is 0. The van der Waals surface area contributed by atoms with Crippen molar-refractivity contribution in [2.75, 3.05) is 42.7 Å². The molecule has 1 aliphatic rings. The van der Waals surface area contributed by atoms with E-state index in [0.29, 0.717) is 17.2 Å². The highest BCUT2D eigenvalue weighted by Gasteiger charge is 2.33. The highest BCUT2D eigenvalue weighted by Crippen LogP contribution is 2.52. The number of fused-ring (bicyclic) bond motifs is 1. The summed E-state index contributed by atoms with van der Waals surface area (Å²) in [6.07, 6.45) is 2.90. The first-order chi connectivity index (χ1) is 13.6. The Morgan fingerprint density at radius 2 is 1.21 bits per heavy atom. The lowest BCUT2D eigenvalue weighted by atomic mass is 9.77. The number of hydrogen-bond acceptors (Lipinski definition) is 6. The van der Waals surface area contributed by atoms with Crippen molar-refractivity contribution in [2.24, 2.45) is 0 Å². The van der Waals surface area contributed by atoms with E-state index >= 15 is 0 Å². The molecule has 1 unspecified atom stereocenters. The van der Waals surface area contributed by atoms with Crippen molar-refractivity contribution in [3.63, 3.8) is 0 Å². The Balaban J connectivity index is 2.28. The van der Waals surface area contributed by atoms with Crippen LogP contribution in [0.4, 0.5) is 0 Å². The van der Waals surface area contributed by atoms with Crippen LogP contribution in [0, 0.1) is 0 Å². The molecule has 6 nitrogen and oxygen atoms in total. The summed E-state index contributed by atoms with van der Waals surface area (Å²) >= 11 is 0. The molecule has 1 atom stereocenters. The highest BCUT2D eigenvalue weighted by atomic mass is 16.5. The Bertz CT molecular complexity index is 823. The second-order valence-electron chi connectivity index (χ2n) is 6.60. The highest BCUT2D eigenvalue weighted by molar-refractivity contribution is 5.63. The van der Waals surface area contributed by atoms with Gasteiger partial charge in [-0.15, -0.1) is 0 Å². The van der Waals surface area contributed by atoms with Gasteiger partial charge in [0.25, 0.3) is 0 Å². The fraction of sp³-hybridized carbons (Fsp3) is 0.455. The van der Waals surface area contributed by atoms with Crippen LogP contribution in [0.5, 0.6) is 34.5 Å². The molecule has 0 aliphatic heterocycles. The summed E-state index contributed by atoms with van der Waals surface area (Å²) in [6, 6.07) is 5.75. The zero-order chi connectivity index (χ0) is 20.3. The molecule has 0 N–H and O–H groups in total. The van der Waals surface area contributed by atoms with Gasteiger partial charge >= 0.3 is 0 Å². The summed E-state index contributed by atoms with van der Waals surface area (Å²) in [5.74, 6) is 4.31. The number of benzene rings is 2. The zero-order valence-electron chi connectivity index (χ0n) is 17.4. The molecular weight excluding hydrogens is 360 g/mol. The van der Waals surface area contributed by atoms with E-state index in [4.69, 9.17) is 28.4 Å². The Hall–Kier alpha value is -2.76. The molecule has 0 spiro atoms. The number of rotatable bonds is 7. The van der Waals surface area contributed by atoms with Crippen molar-refractivity contribution in [3.8, 4) is 34.5 Å². The zero-order valence-corrected chi connectivity index (χ0v) is 17.4. The molecule has 6 heteroatoms. The molecule has 0 bridgehead atoms. The minimum atomic E-state index is 0.0532. The van der Waals surface area contributed by atoms with Gasteiger partial charge in [-0.3, -0.25) is 0 Å². The number of methoxy groups -OCH3 is 6. The average Bonchev–Trinajstić information content (AvgIpc) is 2.76. The first-order valence-electron chi connectivity index (χ1n) is 9.25. The molecule has 3 rings (SSSR count). The van der Waals surface area contributed by atoms with Gasteiger partial charge in [0.1, 0.15) is 11.5 Å². The van der Waals surface area contributed by atoms with E-state index in [1.807, 2.05) is 18.2 Å². The molecule has 0 saturated carbocycles. The molecule has 28 heavy (non-hydrogen) atoms. The Labute approximate surface area is 166 Å². The Kier molecular flexibility index (Phi) is 6.07. The van der Waals surface area contributed by atoms with Gasteiger partial charge in [-0.25, -0.2) is 0 Å². The molecule has 2 aromatic rings. The SMILES string of the molecule is COc1cc(OC)c(C2CCCc3c(OC)cc(OC)c(OC)c32)cc1OC. The molecule has 0 aromatic heterocycles. The maximum absolute atomic E-state index is 5.78. The largest absolute Gasteiger partial charge is 0.496 e. The van der Waals surface area contributed by atoms with Crippen LogP contribution < -0.4 is 28.4 Å². The van der Waals surface area contributed by atoms with Crippen molar-refractivity contribution >= 4 is 0 Å². The molecular formula is C22H28O6. The van der Waals surface area contributed by atoms with Crippen LogP contribution in [0.1, 0.15) is 35.4 Å². The van der Waals surface area contributed by atoms with Crippen LogP contribution in [0.15, 0.2) is 18.2 Å². The third-order valence-corrected chi connectivity index (χ3v) is 5.38. The summed E-state index contributed by atoms with van der Waals surface area (Å²) in [7, 11) is 9.90. The van der Waals surface area contributed by atoms with E-state index in [-0.39, 0.29) is 5.92 Å². The molecule has 0 saturated heterocycles. The Morgan fingerprint density at radius 1 is 0.643 bits per heavy atom. The molecule has 152 valence electrons. The van der Waals surface area contributed by atoms with Gasteiger partial charge in [0.2, 0.25) is 0 Å². The van der Waals surface area contributed by atoms with E-state index in [1.165, 1.54) is 0 Å². The summed E-state index contributed by atoms with van der Waals surface area (Å²) in [6.45, 7) is 0. The molecule has 0 amide bonds. The number of ether oxygens (including phenoxy) is 6. The second-order valence-corrected chi connectivity index (χ2v) is 6.60. The van der Waals surface area contributed by atoms with Crippen LogP contribution in [0.2, 0.25) is 0 Å². The average molecular weight is 388 g/mol. The first kappa shape index (κ1) is 20.0. The van der Waals surface area contributed by atoms with E-state index in [0.717, 1.165) is 53.2 Å². The predicted octanol–water partition coefficient (Wildman–Crippen LogP) is 4.21. The van der Waals surface area contributed by atoms with E-state index in [2.05, 4.69) is 0 Å². The fourth-order valence-corrected chi connectivity index (χ4v) is 4.11. The quantitative estimate of drug-likeness (QED) is 0.708. The predicted molar refractivity (Wildman–Crippen MR) is 107 cm³/mol. The maximum Gasteiger partial charge on any atom is 0.165 e. The van der Waals surface area contributed by atoms with Crippen LogP contribution in [-0.4, -0.2) is 42.7 Å². The normalized spacial score (nSPS) is 15.4. The molecule has 0 radical (unpaired) electrons. The van der Waals surface area contributed by atoms with Crippen molar-refractivity contribution in [1.82, 2.24) is 0 Å². The second kappa shape index (κ2) is 8.50. The van der Waals surface area contributed by atoms with E-state index in [1.54, 1.807) is 42.7 Å². The summed E-state index contributed by atoms with van der Waals surface area (Å²) in [5.41, 5.74) is 3.25. The third kappa shape index (κ3) is 3.28. The first-order valence-corrected chi connectivity index (χ1v) is 9.25. The molecule has 2 aromatic carbocycles. The topological polar surface area (TPSA) is 55.4 Å². The van der Waals surface area contributed by atoms with Gasteiger partial charge in [0.15, 0.2) is 23.0 Å². The van der Waals surface area contributed by atoms with E-state index in [9.17, 15) is 0 Å². The minimum Gasteiger partial charge on any atom is -0.496 e. The molecule has 0 fully saturated rings. The smallest absolute Gasteiger partial charge is 0.165 e. The minimum absolute atomic E-state index is 0.0532. The monoisotopic (exact) mass is 388 g/mol. The van der Waals surface area contributed by atoms with Gasteiger partial charge in [0.05, 0.1) is 42.7 Å². The lowest BCUT2D eigenvalue weighted by Gasteiger charge is -2.31. The van der Waals surface area contributed by atoms with Crippen molar-refractivity contribution in [1.29, 1.82) is 0 Å². The maximum atomic E-state index is 5.78. The van der Waals surface area contributed by atoms with Crippen LogP contribution in [0.3, 0.4) is 0 Å².